The lowest BCUT2D eigenvalue weighted by molar-refractivity contribution is 0.819. The van der Waals surface area contributed by atoms with Gasteiger partial charge in [-0.05, 0) is 72.3 Å². The van der Waals surface area contributed by atoms with E-state index in [0.29, 0.717) is 0 Å². The van der Waals surface area contributed by atoms with Crippen LogP contribution in [0.25, 0.3) is 43.1 Å². The van der Waals surface area contributed by atoms with Crippen LogP contribution in [0.3, 0.4) is 0 Å². The molecule has 0 saturated carbocycles. The Balaban J connectivity index is 1.51. The number of rotatable bonds is 4. The van der Waals surface area contributed by atoms with Crippen LogP contribution >= 0.6 is 0 Å². The lowest BCUT2D eigenvalue weighted by Gasteiger charge is -2.23. The summed E-state index contributed by atoms with van der Waals surface area (Å²) in [7, 11) is 0. The van der Waals surface area contributed by atoms with Crippen molar-refractivity contribution in [2.24, 2.45) is 0 Å². The summed E-state index contributed by atoms with van der Waals surface area (Å²) in [5, 5.41) is 10.6. The van der Waals surface area contributed by atoms with E-state index >= 15 is 0 Å². The average molecular weight is 459 g/mol. The first-order chi connectivity index (χ1) is 17.9. The normalized spacial score (nSPS) is 12.4. The molecule has 36 heavy (non-hydrogen) atoms. The van der Waals surface area contributed by atoms with Gasteiger partial charge >= 0.3 is 0 Å². The zero-order chi connectivity index (χ0) is 23.9. The van der Waals surface area contributed by atoms with Crippen LogP contribution < -0.4 is 0 Å². The van der Waals surface area contributed by atoms with Crippen LogP contribution in [0.15, 0.2) is 140 Å². The monoisotopic (exact) mass is 458 g/mol. The molecular formula is C36H26. The summed E-state index contributed by atoms with van der Waals surface area (Å²) < 4.78 is 0. The molecule has 7 aromatic rings. The molecule has 0 aliphatic rings. The molecule has 0 spiro atoms. The molecule has 170 valence electrons. The van der Waals surface area contributed by atoms with Gasteiger partial charge in [-0.3, -0.25) is 0 Å². The molecular weight excluding hydrogens is 432 g/mol. The Morgan fingerprint density at radius 3 is 1.53 bits per heavy atom. The zero-order valence-corrected chi connectivity index (χ0v) is 20.1. The number of fused-ring (bicyclic) bond motifs is 6. The predicted molar refractivity (Wildman–Crippen MR) is 155 cm³/mol. The molecule has 0 amide bonds. The van der Waals surface area contributed by atoms with E-state index in [-0.39, 0.29) is 5.92 Å². The van der Waals surface area contributed by atoms with E-state index in [1.54, 1.807) is 0 Å². The fraction of sp³-hybridized carbons (Fsp3) is 0.0556. The fourth-order valence-electron chi connectivity index (χ4n) is 5.98. The Hall–Kier alpha value is -4.42. The highest BCUT2D eigenvalue weighted by Crippen LogP contribution is 2.39. The molecule has 7 aromatic carbocycles. The summed E-state index contributed by atoms with van der Waals surface area (Å²) in [4.78, 5) is 0. The molecule has 0 nitrogen and oxygen atoms in total. The minimum absolute atomic E-state index is 0.241. The van der Waals surface area contributed by atoms with Crippen molar-refractivity contribution in [2.75, 3.05) is 0 Å². The Morgan fingerprint density at radius 1 is 0.389 bits per heavy atom. The molecule has 0 aromatic heterocycles. The van der Waals surface area contributed by atoms with Gasteiger partial charge in [0.05, 0.1) is 0 Å². The first-order valence-electron chi connectivity index (χ1n) is 12.7. The Morgan fingerprint density at radius 2 is 0.861 bits per heavy atom. The molecule has 1 unspecified atom stereocenters. The van der Waals surface area contributed by atoms with E-state index in [2.05, 4.69) is 140 Å². The van der Waals surface area contributed by atoms with Gasteiger partial charge in [0.1, 0.15) is 0 Å². The molecule has 0 radical (unpaired) electrons. The largest absolute Gasteiger partial charge is 0.0622 e. The minimum atomic E-state index is 0.241. The lowest BCUT2D eigenvalue weighted by atomic mass is 9.81. The Kier molecular flexibility index (Phi) is 5.03. The molecule has 0 heterocycles. The summed E-state index contributed by atoms with van der Waals surface area (Å²) in [5.74, 6) is 0.241. The smallest absolute Gasteiger partial charge is 0.0136 e. The third-order valence-corrected chi connectivity index (χ3v) is 7.66. The van der Waals surface area contributed by atoms with Crippen molar-refractivity contribution in [2.45, 2.75) is 12.3 Å². The summed E-state index contributed by atoms with van der Waals surface area (Å²) >= 11 is 0. The van der Waals surface area contributed by atoms with Gasteiger partial charge in [-0.15, -0.1) is 0 Å². The van der Waals surface area contributed by atoms with Crippen LogP contribution in [-0.4, -0.2) is 0 Å². The second-order valence-corrected chi connectivity index (χ2v) is 9.70. The van der Waals surface area contributed by atoms with Crippen LogP contribution in [0, 0.1) is 0 Å². The van der Waals surface area contributed by atoms with Crippen molar-refractivity contribution in [3.63, 3.8) is 0 Å². The third kappa shape index (κ3) is 3.46. The maximum atomic E-state index is 2.43. The van der Waals surface area contributed by atoms with Crippen molar-refractivity contribution in [1.29, 1.82) is 0 Å². The van der Waals surface area contributed by atoms with Gasteiger partial charge in [0.2, 0.25) is 0 Å². The van der Waals surface area contributed by atoms with E-state index in [0.717, 1.165) is 6.42 Å². The highest BCUT2D eigenvalue weighted by molar-refractivity contribution is 6.10. The average Bonchev–Trinajstić information content (AvgIpc) is 2.96. The number of benzene rings is 7. The minimum Gasteiger partial charge on any atom is -0.0622 e. The van der Waals surface area contributed by atoms with Crippen LogP contribution in [-0.2, 0) is 6.42 Å². The van der Waals surface area contributed by atoms with Gasteiger partial charge in [-0.2, -0.15) is 0 Å². The molecule has 0 aliphatic carbocycles. The number of hydrogen-bond acceptors (Lipinski definition) is 0. The topological polar surface area (TPSA) is 0 Å². The molecule has 7 rings (SSSR count). The van der Waals surface area contributed by atoms with Gasteiger partial charge < -0.3 is 0 Å². The van der Waals surface area contributed by atoms with E-state index in [4.69, 9.17) is 0 Å². The van der Waals surface area contributed by atoms with Crippen LogP contribution in [0.1, 0.15) is 22.6 Å². The molecule has 0 heteroatoms. The summed E-state index contributed by atoms with van der Waals surface area (Å²) in [6.45, 7) is 0. The molecule has 0 N–H and O–H groups in total. The summed E-state index contributed by atoms with van der Waals surface area (Å²) in [6.07, 6.45) is 0.942. The quantitative estimate of drug-likeness (QED) is 0.230. The summed E-state index contributed by atoms with van der Waals surface area (Å²) in [5.41, 5.74) is 4.15. The van der Waals surface area contributed by atoms with Crippen LogP contribution in [0.5, 0.6) is 0 Å². The first-order valence-corrected chi connectivity index (χ1v) is 12.7. The van der Waals surface area contributed by atoms with E-state index in [9.17, 15) is 0 Å². The zero-order valence-electron chi connectivity index (χ0n) is 20.1. The van der Waals surface area contributed by atoms with Crippen molar-refractivity contribution >= 4 is 43.1 Å². The van der Waals surface area contributed by atoms with Crippen molar-refractivity contribution < 1.29 is 0 Å². The van der Waals surface area contributed by atoms with Gasteiger partial charge in [0.25, 0.3) is 0 Å². The molecule has 0 saturated heterocycles. The second-order valence-electron chi connectivity index (χ2n) is 9.70. The highest BCUT2D eigenvalue weighted by Gasteiger charge is 2.20. The second kappa shape index (κ2) is 8.66. The van der Waals surface area contributed by atoms with Crippen LogP contribution in [0.2, 0.25) is 0 Å². The maximum Gasteiger partial charge on any atom is 0.0136 e. The van der Waals surface area contributed by atoms with Crippen molar-refractivity contribution in [3.8, 4) is 0 Å². The maximum absolute atomic E-state index is 2.43. The van der Waals surface area contributed by atoms with E-state index in [1.807, 2.05) is 0 Å². The Bertz CT molecular complexity index is 1860. The van der Waals surface area contributed by atoms with Gasteiger partial charge in [-0.1, -0.05) is 133 Å². The van der Waals surface area contributed by atoms with E-state index in [1.165, 1.54) is 59.8 Å². The van der Waals surface area contributed by atoms with Gasteiger partial charge in [0, 0.05) is 5.92 Å². The highest BCUT2D eigenvalue weighted by atomic mass is 14.2. The molecule has 0 bridgehead atoms. The molecule has 1 atom stereocenters. The van der Waals surface area contributed by atoms with E-state index < -0.39 is 0 Å². The predicted octanol–water partition coefficient (Wildman–Crippen LogP) is 9.67. The fourth-order valence-corrected chi connectivity index (χ4v) is 5.98. The number of hydrogen-bond donors (Lipinski definition) is 0. The first kappa shape index (κ1) is 20.9. The molecule has 0 fully saturated rings. The summed E-state index contributed by atoms with van der Waals surface area (Å²) in [6, 6.07) is 51.2. The van der Waals surface area contributed by atoms with Crippen molar-refractivity contribution in [1.82, 2.24) is 0 Å². The Labute approximate surface area is 211 Å². The van der Waals surface area contributed by atoms with Crippen molar-refractivity contribution in [3.05, 3.63) is 156 Å². The SMILES string of the molecule is c1ccc(C(Cc2cc3ccccc3c3ccccc23)c2cc3ccccc3c3ccccc23)cc1. The van der Waals surface area contributed by atoms with Crippen LogP contribution in [0.4, 0.5) is 0 Å². The third-order valence-electron chi connectivity index (χ3n) is 7.66. The lowest BCUT2D eigenvalue weighted by Crippen LogP contribution is -2.07. The van der Waals surface area contributed by atoms with Gasteiger partial charge in [0.15, 0.2) is 0 Å². The molecule has 0 aliphatic heterocycles. The van der Waals surface area contributed by atoms with Gasteiger partial charge in [-0.25, -0.2) is 0 Å². The standard InChI is InChI=1S/C36H26/c1-2-12-25(13-3-1)35(36-23-27-15-5-7-17-30(27)33-20-10-11-21-34(33)36)24-28-22-26-14-4-6-16-29(26)32-19-9-8-18-31(28)32/h1-23,35H,24H2.